The Morgan fingerprint density at radius 2 is 2.14 bits per heavy atom. The Bertz CT molecular complexity index is 1320. The molecule has 2 fully saturated rings. The van der Waals surface area contributed by atoms with E-state index in [0.29, 0.717) is 29.8 Å². The summed E-state index contributed by atoms with van der Waals surface area (Å²) in [5, 5.41) is 4.33. The van der Waals surface area contributed by atoms with Crippen LogP contribution >= 0.6 is 22.7 Å². The molecule has 0 spiro atoms. The first-order chi connectivity index (χ1) is 17.2. The quantitative estimate of drug-likeness (QED) is 0.305. The molecule has 6 rings (SSSR count). The van der Waals surface area contributed by atoms with E-state index in [-0.39, 0.29) is 12.1 Å². The molecule has 0 aliphatic carbocycles. The van der Waals surface area contributed by atoms with Crippen LogP contribution in [0.4, 0.5) is 15.8 Å². The van der Waals surface area contributed by atoms with Crippen molar-refractivity contribution in [2.75, 3.05) is 31.6 Å². The standard InChI is InChI=1S/C26H29FN4O2S2/c1-16-17(8-10-31(16)11-13-33-23-4-2-3-12-32-23)22-14-18-19(7-9-28-26(18)35-22)30-20-5-6-21-25(24(20)27)29-15-34-21/h5-7,9,14-17,23H,2-4,8,10-13H2,1H3,(H,28,30). The number of aromatic nitrogens is 2. The van der Waals surface area contributed by atoms with Gasteiger partial charge in [-0.1, -0.05) is 0 Å². The van der Waals surface area contributed by atoms with Gasteiger partial charge in [-0.3, -0.25) is 4.90 Å². The first-order valence-electron chi connectivity index (χ1n) is 12.3. The fourth-order valence-electron chi connectivity index (χ4n) is 5.23. The molecule has 0 bridgehead atoms. The van der Waals surface area contributed by atoms with Crippen molar-refractivity contribution in [3.63, 3.8) is 0 Å². The molecule has 2 aliphatic heterocycles. The number of ether oxygens (including phenoxy) is 2. The highest BCUT2D eigenvalue weighted by atomic mass is 32.1. The minimum absolute atomic E-state index is 0.0295. The minimum Gasteiger partial charge on any atom is -0.353 e. The molecule has 6 nitrogen and oxygen atoms in total. The second-order valence-electron chi connectivity index (χ2n) is 9.32. The number of thiophene rings is 1. The van der Waals surface area contributed by atoms with Gasteiger partial charge in [0.05, 0.1) is 28.2 Å². The summed E-state index contributed by atoms with van der Waals surface area (Å²) in [7, 11) is 0. The van der Waals surface area contributed by atoms with Gasteiger partial charge in [0.1, 0.15) is 10.3 Å². The van der Waals surface area contributed by atoms with Crippen molar-refractivity contribution in [1.29, 1.82) is 0 Å². The van der Waals surface area contributed by atoms with E-state index in [1.807, 2.05) is 12.1 Å². The Morgan fingerprint density at radius 1 is 1.20 bits per heavy atom. The molecular weight excluding hydrogens is 483 g/mol. The van der Waals surface area contributed by atoms with E-state index in [1.54, 1.807) is 29.1 Å². The number of rotatable bonds is 7. The zero-order valence-electron chi connectivity index (χ0n) is 19.7. The first kappa shape index (κ1) is 23.2. The summed E-state index contributed by atoms with van der Waals surface area (Å²) in [5.41, 5.74) is 3.39. The van der Waals surface area contributed by atoms with E-state index in [2.05, 4.69) is 33.2 Å². The van der Waals surface area contributed by atoms with Gasteiger partial charge in [-0.2, -0.15) is 0 Å². The number of hydrogen-bond acceptors (Lipinski definition) is 8. The molecular formula is C26H29FN4O2S2. The van der Waals surface area contributed by atoms with Crippen molar-refractivity contribution >= 4 is 54.5 Å². The van der Waals surface area contributed by atoms with Gasteiger partial charge in [0, 0.05) is 41.6 Å². The molecule has 9 heteroatoms. The van der Waals surface area contributed by atoms with Crippen molar-refractivity contribution in [3.05, 3.63) is 46.7 Å². The van der Waals surface area contributed by atoms with Crippen LogP contribution in [-0.2, 0) is 9.47 Å². The van der Waals surface area contributed by atoms with E-state index in [9.17, 15) is 4.39 Å². The average molecular weight is 513 g/mol. The summed E-state index contributed by atoms with van der Waals surface area (Å²) < 4.78 is 27.5. The Hall–Kier alpha value is -2.17. The van der Waals surface area contributed by atoms with Gasteiger partial charge in [-0.15, -0.1) is 22.7 Å². The van der Waals surface area contributed by atoms with E-state index in [0.717, 1.165) is 59.6 Å². The minimum atomic E-state index is -0.315. The predicted molar refractivity (Wildman–Crippen MR) is 140 cm³/mol. The molecule has 3 atom stereocenters. The van der Waals surface area contributed by atoms with Crippen LogP contribution in [0.3, 0.4) is 0 Å². The van der Waals surface area contributed by atoms with Gasteiger partial charge in [0.15, 0.2) is 12.1 Å². The molecule has 4 aromatic rings. The highest BCUT2D eigenvalue weighted by Gasteiger charge is 2.33. The number of anilines is 2. The normalized spacial score (nSPS) is 23.4. The van der Waals surface area contributed by atoms with Crippen LogP contribution in [0.25, 0.3) is 20.4 Å². The van der Waals surface area contributed by atoms with E-state index < -0.39 is 0 Å². The molecule has 5 heterocycles. The van der Waals surface area contributed by atoms with Crippen LogP contribution in [0.15, 0.2) is 36.0 Å². The van der Waals surface area contributed by atoms with Crippen LogP contribution in [0.1, 0.15) is 43.4 Å². The second-order valence-corrected chi connectivity index (χ2v) is 11.3. The van der Waals surface area contributed by atoms with Gasteiger partial charge < -0.3 is 14.8 Å². The van der Waals surface area contributed by atoms with Gasteiger partial charge in [0.2, 0.25) is 0 Å². The lowest BCUT2D eigenvalue weighted by atomic mass is 9.99. The van der Waals surface area contributed by atoms with Gasteiger partial charge in [-0.25, -0.2) is 14.4 Å². The Morgan fingerprint density at radius 3 is 3.03 bits per heavy atom. The number of hydrogen-bond donors (Lipinski definition) is 1. The zero-order valence-corrected chi connectivity index (χ0v) is 21.3. The monoisotopic (exact) mass is 512 g/mol. The van der Waals surface area contributed by atoms with Gasteiger partial charge >= 0.3 is 0 Å². The van der Waals surface area contributed by atoms with Crippen LogP contribution in [0.2, 0.25) is 0 Å². The third-order valence-electron chi connectivity index (χ3n) is 7.24. The molecule has 0 saturated carbocycles. The molecule has 0 amide bonds. The number of nitrogens with one attached hydrogen (secondary N) is 1. The first-order valence-corrected chi connectivity index (χ1v) is 14.0. The van der Waals surface area contributed by atoms with Crippen LogP contribution in [0.5, 0.6) is 0 Å². The number of halogens is 1. The number of nitrogens with zero attached hydrogens (tertiary/aromatic N) is 3. The maximum atomic E-state index is 15.0. The van der Waals surface area contributed by atoms with Gasteiger partial charge in [0.25, 0.3) is 0 Å². The topological polar surface area (TPSA) is 59.5 Å². The molecule has 3 unspecified atom stereocenters. The number of likely N-dealkylation sites (tertiary alicyclic amines) is 1. The van der Waals surface area contributed by atoms with Crippen LogP contribution in [0, 0.1) is 5.82 Å². The van der Waals surface area contributed by atoms with Crippen LogP contribution < -0.4 is 5.32 Å². The fraction of sp³-hybridized carbons (Fsp3) is 0.462. The van der Waals surface area contributed by atoms with Crippen molar-refractivity contribution in [1.82, 2.24) is 14.9 Å². The third-order valence-corrected chi connectivity index (χ3v) is 9.21. The van der Waals surface area contributed by atoms with Crippen molar-refractivity contribution in [3.8, 4) is 0 Å². The molecule has 3 aromatic heterocycles. The van der Waals surface area contributed by atoms with Gasteiger partial charge in [-0.05, 0) is 63.4 Å². The number of pyridine rings is 1. The van der Waals surface area contributed by atoms with E-state index >= 15 is 0 Å². The molecule has 0 radical (unpaired) electrons. The van der Waals surface area contributed by atoms with E-state index in [1.165, 1.54) is 22.6 Å². The molecule has 2 aliphatic rings. The smallest absolute Gasteiger partial charge is 0.173 e. The number of thiazole rings is 1. The summed E-state index contributed by atoms with van der Waals surface area (Å²) in [4.78, 5) is 13.6. The van der Waals surface area contributed by atoms with Crippen LogP contribution in [-0.4, -0.2) is 53.5 Å². The second kappa shape index (κ2) is 10.1. The zero-order chi connectivity index (χ0) is 23.8. The molecule has 2 saturated heterocycles. The van der Waals surface area contributed by atoms with E-state index in [4.69, 9.17) is 9.47 Å². The third kappa shape index (κ3) is 4.68. The Balaban J connectivity index is 1.16. The Kier molecular flexibility index (Phi) is 6.68. The Labute approximate surface area is 212 Å². The number of fused-ring (bicyclic) bond motifs is 2. The lowest BCUT2D eigenvalue weighted by molar-refractivity contribution is -0.164. The molecule has 35 heavy (non-hydrogen) atoms. The summed E-state index contributed by atoms with van der Waals surface area (Å²) in [6.45, 7) is 5.82. The lowest BCUT2D eigenvalue weighted by Gasteiger charge is -2.26. The maximum absolute atomic E-state index is 15.0. The fourth-order valence-corrected chi connectivity index (χ4v) is 7.16. The summed E-state index contributed by atoms with van der Waals surface area (Å²) in [6, 6.07) is 8.28. The summed E-state index contributed by atoms with van der Waals surface area (Å²) >= 11 is 3.19. The lowest BCUT2D eigenvalue weighted by Crippen LogP contribution is -2.34. The van der Waals surface area contributed by atoms with Crippen molar-refractivity contribution in [2.24, 2.45) is 0 Å². The molecule has 184 valence electrons. The predicted octanol–water partition coefficient (Wildman–Crippen LogP) is 6.51. The number of benzene rings is 1. The maximum Gasteiger partial charge on any atom is 0.173 e. The van der Waals surface area contributed by atoms with Crippen molar-refractivity contribution in [2.45, 2.75) is 50.9 Å². The largest absolute Gasteiger partial charge is 0.353 e. The summed E-state index contributed by atoms with van der Waals surface area (Å²) in [5.74, 6) is 0.140. The SMILES string of the molecule is CC1C(c2cc3c(Nc4ccc5scnc5c4F)ccnc3s2)CCN1CCOC1CCCCO1. The van der Waals surface area contributed by atoms with Crippen molar-refractivity contribution < 1.29 is 13.9 Å². The highest BCUT2D eigenvalue weighted by Crippen LogP contribution is 2.41. The molecule has 1 N–H and O–H groups in total. The highest BCUT2D eigenvalue weighted by molar-refractivity contribution is 7.18. The molecule has 1 aromatic carbocycles. The summed E-state index contributed by atoms with van der Waals surface area (Å²) in [6.07, 6.45) is 6.21. The average Bonchev–Trinajstić information content (AvgIpc) is 3.61.